The van der Waals surface area contributed by atoms with Gasteiger partial charge >= 0.3 is 5.97 Å². The van der Waals surface area contributed by atoms with Crippen molar-refractivity contribution in [2.24, 2.45) is 5.73 Å². The quantitative estimate of drug-likeness (QED) is 0.494. The van der Waals surface area contributed by atoms with Crippen LogP contribution >= 0.6 is 0 Å². The van der Waals surface area contributed by atoms with Crippen LogP contribution in [0.15, 0.2) is 65.9 Å². The molecule has 0 saturated heterocycles. The second-order valence-electron chi connectivity index (χ2n) is 5.11. The summed E-state index contributed by atoms with van der Waals surface area (Å²) in [4.78, 5) is 23.9. The standard InChI is InChI=1S/C19H16N2O4/c1-13(21)17(11-20)18(22)12-24-19(23)14-6-5-9-16(10-14)25-15-7-3-2-4-8-15/h2-10H,12,21H2,1H3/b17-13+. The fourth-order valence-electron chi connectivity index (χ4n) is 1.97. The summed E-state index contributed by atoms with van der Waals surface area (Å²) in [6.45, 7) is 0.878. The molecule has 0 saturated carbocycles. The fraction of sp³-hybridized carbons (Fsp3) is 0.105. The van der Waals surface area contributed by atoms with Gasteiger partial charge in [0.15, 0.2) is 6.61 Å². The molecule has 25 heavy (non-hydrogen) atoms. The van der Waals surface area contributed by atoms with Crippen molar-refractivity contribution in [2.45, 2.75) is 6.92 Å². The predicted octanol–water partition coefficient (Wildman–Crippen LogP) is 2.96. The number of carbonyl (C=O) groups excluding carboxylic acids is 2. The van der Waals surface area contributed by atoms with E-state index in [0.717, 1.165) is 0 Å². The minimum absolute atomic E-state index is 0.0850. The van der Waals surface area contributed by atoms with E-state index in [1.165, 1.54) is 13.0 Å². The Morgan fingerprint density at radius 3 is 2.40 bits per heavy atom. The van der Waals surface area contributed by atoms with Gasteiger partial charge in [0.2, 0.25) is 5.78 Å². The summed E-state index contributed by atoms with van der Waals surface area (Å²) in [6.07, 6.45) is 0. The number of esters is 1. The third-order valence-electron chi connectivity index (χ3n) is 3.17. The van der Waals surface area contributed by atoms with Crippen molar-refractivity contribution in [3.05, 3.63) is 71.4 Å². The lowest BCUT2D eigenvalue weighted by molar-refractivity contribution is -0.118. The first-order valence-corrected chi connectivity index (χ1v) is 7.41. The molecule has 6 nitrogen and oxygen atoms in total. The Hall–Kier alpha value is -3.59. The average Bonchev–Trinajstić information content (AvgIpc) is 2.61. The molecule has 0 aliphatic rings. The van der Waals surface area contributed by atoms with Crippen molar-refractivity contribution in [3.63, 3.8) is 0 Å². The van der Waals surface area contributed by atoms with Crippen molar-refractivity contribution in [2.75, 3.05) is 6.61 Å². The van der Waals surface area contributed by atoms with Crippen LogP contribution in [0, 0.1) is 11.3 Å². The number of benzene rings is 2. The molecule has 0 amide bonds. The molecule has 0 unspecified atom stereocenters. The number of ketones is 1. The van der Waals surface area contributed by atoms with Gasteiger partial charge in [0.25, 0.3) is 0 Å². The van der Waals surface area contributed by atoms with Crippen LogP contribution < -0.4 is 10.5 Å². The molecule has 2 rings (SSSR count). The molecule has 2 N–H and O–H groups in total. The van der Waals surface area contributed by atoms with Gasteiger partial charge in [0, 0.05) is 5.70 Å². The zero-order valence-corrected chi connectivity index (χ0v) is 13.6. The van der Waals surface area contributed by atoms with Gasteiger partial charge in [0.05, 0.1) is 5.56 Å². The van der Waals surface area contributed by atoms with Gasteiger partial charge in [-0.15, -0.1) is 0 Å². The van der Waals surface area contributed by atoms with E-state index in [9.17, 15) is 9.59 Å². The number of ether oxygens (including phenoxy) is 2. The summed E-state index contributed by atoms with van der Waals surface area (Å²) >= 11 is 0. The summed E-state index contributed by atoms with van der Waals surface area (Å²) in [5.41, 5.74) is 5.54. The van der Waals surface area contributed by atoms with Gasteiger partial charge in [-0.3, -0.25) is 4.79 Å². The number of nitrogens with two attached hydrogens (primary N) is 1. The maximum atomic E-state index is 12.1. The van der Waals surface area contributed by atoms with Gasteiger partial charge < -0.3 is 15.2 Å². The highest BCUT2D eigenvalue weighted by Gasteiger charge is 2.15. The SMILES string of the molecule is C/C(N)=C(/C#N)C(=O)COC(=O)c1cccc(Oc2ccccc2)c1. The molecule has 0 aliphatic carbocycles. The maximum absolute atomic E-state index is 12.1. The molecule has 0 fully saturated rings. The zero-order valence-electron chi connectivity index (χ0n) is 13.6. The number of rotatable bonds is 6. The third kappa shape index (κ3) is 4.94. The molecule has 2 aromatic carbocycles. The van der Waals surface area contributed by atoms with Gasteiger partial charge in [0.1, 0.15) is 23.1 Å². The van der Waals surface area contributed by atoms with Crippen molar-refractivity contribution in [1.29, 1.82) is 5.26 Å². The van der Waals surface area contributed by atoms with Gasteiger partial charge in [-0.2, -0.15) is 5.26 Å². The zero-order chi connectivity index (χ0) is 18.2. The normalized spacial score (nSPS) is 11.0. The van der Waals surface area contributed by atoms with E-state index in [2.05, 4.69) is 0 Å². The smallest absolute Gasteiger partial charge is 0.338 e. The molecule has 0 bridgehead atoms. The van der Waals surface area contributed by atoms with Crippen LogP contribution in [0.5, 0.6) is 11.5 Å². The van der Waals surface area contributed by atoms with Crippen LogP contribution in [0.2, 0.25) is 0 Å². The van der Waals surface area contributed by atoms with Crippen LogP contribution in [-0.4, -0.2) is 18.4 Å². The van der Waals surface area contributed by atoms with Crippen LogP contribution in [0.4, 0.5) is 0 Å². The van der Waals surface area contributed by atoms with E-state index in [4.69, 9.17) is 20.5 Å². The van der Waals surface area contributed by atoms with E-state index in [0.29, 0.717) is 11.5 Å². The molecule has 0 aromatic heterocycles. The summed E-state index contributed by atoms with van der Waals surface area (Å²) in [5.74, 6) is -0.251. The number of allylic oxidation sites excluding steroid dienone is 1. The minimum Gasteiger partial charge on any atom is -0.457 e. The minimum atomic E-state index is -0.696. The van der Waals surface area contributed by atoms with Gasteiger partial charge in [-0.1, -0.05) is 24.3 Å². The third-order valence-corrected chi connectivity index (χ3v) is 3.17. The van der Waals surface area contributed by atoms with Crippen LogP contribution in [0.25, 0.3) is 0 Å². The Morgan fingerprint density at radius 2 is 1.76 bits per heavy atom. The highest BCUT2D eigenvalue weighted by molar-refractivity contribution is 6.02. The van der Waals surface area contributed by atoms with Crippen molar-refractivity contribution in [3.8, 4) is 17.6 Å². The number of hydrogen-bond acceptors (Lipinski definition) is 6. The topological polar surface area (TPSA) is 102 Å². The molecule has 0 heterocycles. The second-order valence-corrected chi connectivity index (χ2v) is 5.11. The van der Waals surface area contributed by atoms with E-state index in [1.54, 1.807) is 36.4 Å². The van der Waals surface area contributed by atoms with E-state index in [1.807, 2.05) is 18.2 Å². The summed E-state index contributed by atoms with van der Waals surface area (Å²) in [6, 6.07) is 17.2. The molecule has 0 spiro atoms. The van der Waals surface area contributed by atoms with Gasteiger partial charge in [-0.05, 0) is 37.3 Å². The molecule has 0 radical (unpaired) electrons. The lowest BCUT2D eigenvalue weighted by Gasteiger charge is -2.08. The lowest BCUT2D eigenvalue weighted by atomic mass is 10.1. The van der Waals surface area contributed by atoms with E-state index >= 15 is 0 Å². The molecule has 6 heteroatoms. The average molecular weight is 336 g/mol. The number of Topliss-reactive ketones (excluding diaryl/α,β-unsaturated/α-hetero) is 1. The Balaban J connectivity index is 2.03. The van der Waals surface area contributed by atoms with Crippen molar-refractivity contribution in [1.82, 2.24) is 0 Å². The Bertz CT molecular complexity index is 847. The second kappa shape index (κ2) is 8.31. The Morgan fingerprint density at radius 1 is 1.08 bits per heavy atom. The molecule has 126 valence electrons. The van der Waals surface area contributed by atoms with Crippen LogP contribution in [0.1, 0.15) is 17.3 Å². The molecular formula is C19H16N2O4. The maximum Gasteiger partial charge on any atom is 0.338 e. The lowest BCUT2D eigenvalue weighted by Crippen LogP contribution is -2.17. The highest BCUT2D eigenvalue weighted by atomic mass is 16.5. The molecular weight excluding hydrogens is 320 g/mol. The summed E-state index contributed by atoms with van der Waals surface area (Å²) < 4.78 is 10.6. The number of nitrogens with zero attached hydrogens (tertiary/aromatic N) is 1. The Kier molecular flexibility index (Phi) is 5.91. The van der Waals surface area contributed by atoms with E-state index < -0.39 is 18.4 Å². The fourth-order valence-corrected chi connectivity index (χ4v) is 1.97. The predicted molar refractivity (Wildman–Crippen MR) is 90.7 cm³/mol. The number of carbonyl (C=O) groups is 2. The van der Waals surface area contributed by atoms with Gasteiger partial charge in [-0.25, -0.2) is 4.79 Å². The first-order chi connectivity index (χ1) is 12.0. The number of nitriles is 1. The molecule has 2 aromatic rings. The monoisotopic (exact) mass is 336 g/mol. The number of hydrogen-bond donors (Lipinski definition) is 1. The van der Waals surface area contributed by atoms with Crippen molar-refractivity contribution < 1.29 is 19.1 Å². The largest absolute Gasteiger partial charge is 0.457 e. The number of para-hydroxylation sites is 1. The van der Waals surface area contributed by atoms with E-state index in [-0.39, 0.29) is 16.8 Å². The summed E-state index contributed by atoms with van der Waals surface area (Å²) in [5, 5.41) is 8.86. The summed E-state index contributed by atoms with van der Waals surface area (Å²) in [7, 11) is 0. The first-order valence-electron chi connectivity index (χ1n) is 7.41. The first kappa shape index (κ1) is 17.8. The molecule has 0 aliphatic heterocycles. The van der Waals surface area contributed by atoms with Crippen LogP contribution in [0.3, 0.4) is 0 Å². The van der Waals surface area contributed by atoms with Crippen LogP contribution in [-0.2, 0) is 9.53 Å². The molecule has 0 atom stereocenters. The highest BCUT2D eigenvalue weighted by Crippen LogP contribution is 2.22. The Labute approximate surface area is 145 Å². The van der Waals surface area contributed by atoms with Crippen molar-refractivity contribution >= 4 is 11.8 Å².